The van der Waals surface area contributed by atoms with Gasteiger partial charge in [-0.1, -0.05) is 24.9 Å². The highest BCUT2D eigenvalue weighted by molar-refractivity contribution is 7.89. The quantitative estimate of drug-likeness (QED) is 0.745. The standard InChI is InChI=1S/C16H19ClF3NO3S/c1-2-5-14(22)13-6-3-4-9-21(13)25(23,24)15-8-7-11(10-12(15)17)16(18,19)20/h7-8,10,13H,2-6,9H2,1H3/t13-/m0/s1. The Morgan fingerprint density at radius 1 is 1.32 bits per heavy atom. The Balaban J connectivity index is 2.41. The highest BCUT2D eigenvalue weighted by Crippen LogP contribution is 2.35. The van der Waals surface area contributed by atoms with Crippen LogP contribution in [-0.2, 0) is 21.0 Å². The van der Waals surface area contributed by atoms with Gasteiger partial charge in [0.05, 0.1) is 16.6 Å². The molecule has 0 spiro atoms. The summed E-state index contributed by atoms with van der Waals surface area (Å²) in [5.74, 6) is -0.172. The highest BCUT2D eigenvalue weighted by Gasteiger charge is 2.39. The predicted molar refractivity (Wildman–Crippen MR) is 87.9 cm³/mol. The average Bonchev–Trinajstić information content (AvgIpc) is 2.54. The number of halogens is 4. The van der Waals surface area contributed by atoms with Gasteiger partial charge in [0.25, 0.3) is 0 Å². The molecule has 1 saturated heterocycles. The van der Waals surface area contributed by atoms with E-state index in [1.807, 2.05) is 6.92 Å². The van der Waals surface area contributed by atoms with E-state index in [2.05, 4.69) is 0 Å². The minimum absolute atomic E-state index is 0.153. The first-order valence-electron chi connectivity index (χ1n) is 8.00. The number of alkyl halides is 3. The van der Waals surface area contributed by atoms with E-state index in [1.54, 1.807) is 0 Å². The van der Waals surface area contributed by atoms with Gasteiger partial charge < -0.3 is 0 Å². The molecule has 0 bridgehead atoms. The molecule has 25 heavy (non-hydrogen) atoms. The van der Waals surface area contributed by atoms with E-state index >= 15 is 0 Å². The number of carbonyl (C=O) groups is 1. The largest absolute Gasteiger partial charge is 0.416 e. The summed E-state index contributed by atoms with van der Waals surface area (Å²) in [5, 5.41) is -0.498. The van der Waals surface area contributed by atoms with Crippen LogP contribution in [0.1, 0.15) is 44.6 Å². The molecule has 4 nitrogen and oxygen atoms in total. The van der Waals surface area contributed by atoms with Crippen LogP contribution in [0.4, 0.5) is 13.2 Å². The molecule has 0 aliphatic carbocycles. The molecule has 2 rings (SSSR count). The van der Waals surface area contributed by atoms with Gasteiger partial charge in [0.2, 0.25) is 10.0 Å². The number of benzene rings is 1. The molecule has 140 valence electrons. The fourth-order valence-corrected chi connectivity index (χ4v) is 5.14. The highest BCUT2D eigenvalue weighted by atomic mass is 35.5. The fourth-order valence-electron chi connectivity index (χ4n) is 2.94. The summed E-state index contributed by atoms with van der Waals surface area (Å²) >= 11 is 5.84. The lowest BCUT2D eigenvalue weighted by Gasteiger charge is -2.34. The number of Topliss-reactive ketones (excluding diaryl/α,β-unsaturated/α-hetero) is 1. The van der Waals surface area contributed by atoms with Gasteiger partial charge >= 0.3 is 6.18 Å². The van der Waals surface area contributed by atoms with Gasteiger partial charge in [0, 0.05) is 13.0 Å². The molecule has 1 aliphatic rings. The molecular formula is C16H19ClF3NO3S. The van der Waals surface area contributed by atoms with E-state index < -0.39 is 37.7 Å². The molecule has 1 aliphatic heterocycles. The summed E-state index contributed by atoms with van der Waals surface area (Å²) in [4.78, 5) is 11.9. The number of hydrogen-bond acceptors (Lipinski definition) is 3. The first-order chi connectivity index (χ1) is 11.6. The van der Waals surface area contributed by atoms with Gasteiger partial charge in [0.15, 0.2) is 5.78 Å². The zero-order valence-electron chi connectivity index (χ0n) is 13.6. The Bertz CT molecular complexity index is 749. The van der Waals surface area contributed by atoms with Gasteiger partial charge in [0.1, 0.15) is 4.90 Å². The smallest absolute Gasteiger partial charge is 0.298 e. The molecular weight excluding hydrogens is 379 g/mol. The third-order valence-corrected chi connectivity index (χ3v) is 6.56. The van der Waals surface area contributed by atoms with Gasteiger partial charge in [-0.2, -0.15) is 17.5 Å². The number of hydrogen-bond donors (Lipinski definition) is 0. The maximum absolute atomic E-state index is 12.9. The van der Waals surface area contributed by atoms with Crippen molar-refractivity contribution < 1.29 is 26.4 Å². The lowest BCUT2D eigenvalue weighted by atomic mass is 9.99. The molecule has 1 fully saturated rings. The third kappa shape index (κ3) is 4.35. The number of ketones is 1. The van der Waals surface area contributed by atoms with Gasteiger partial charge in [-0.05, 0) is 37.5 Å². The Morgan fingerprint density at radius 2 is 2.00 bits per heavy atom. The lowest BCUT2D eigenvalue weighted by Crippen LogP contribution is -2.47. The minimum Gasteiger partial charge on any atom is -0.298 e. The van der Waals surface area contributed by atoms with Crippen molar-refractivity contribution >= 4 is 27.4 Å². The predicted octanol–water partition coefficient (Wildman–Crippen LogP) is 4.27. The molecule has 0 unspecified atom stereocenters. The summed E-state index contributed by atoms with van der Waals surface area (Å²) in [5.41, 5.74) is -1.02. The molecule has 1 aromatic carbocycles. The van der Waals surface area contributed by atoms with E-state index in [-0.39, 0.29) is 18.7 Å². The lowest BCUT2D eigenvalue weighted by molar-refractivity contribution is -0.137. The van der Waals surface area contributed by atoms with Crippen molar-refractivity contribution in [2.24, 2.45) is 0 Å². The molecule has 9 heteroatoms. The summed E-state index contributed by atoms with van der Waals surface area (Å²) in [6.45, 7) is 1.98. The second-order valence-corrected chi connectivity index (χ2v) is 8.25. The molecule has 0 amide bonds. The van der Waals surface area contributed by atoms with E-state index in [1.165, 1.54) is 0 Å². The zero-order valence-corrected chi connectivity index (χ0v) is 15.2. The summed E-state index contributed by atoms with van der Waals surface area (Å²) in [6.07, 6.45) is -2.02. The molecule has 1 aromatic rings. The summed E-state index contributed by atoms with van der Waals surface area (Å²) < 4.78 is 65.1. The van der Waals surface area contributed by atoms with Crippen LogP contribution in [0.15, 0.2) is 23.1 Å². The van der Waals surface area contributed by atoms with Crippen LogP contribution in [-0.4, -0.2) is 31.1 Å². The first-order valence-corrected chi connectivity index (χ1v) is 9.82. The van der Waals surface area contributed by atoms with Crippen molar-refractivity contribution in [1.29, 1.82) is 0 Å². The normalized spacial score (nSPS) is 19.8. The number of nitrogens with zero attached hydrogens (tertiary/aromatic N) is 1. The van der Waals surface area contributed by atoms with Crippen molar-refractivity contribution in [3.8, 4) is 0 Å². The monoisotopic (exact) mass is 397 g/mol. The van der Waals surface area contributed by atoms with E-state index in [0.717, 1.165) is 16.8 Å². The minimum atomic E-state index is -4.61. The molecule has 0 N–H and O–H groups in total. The molecule has 0 radical (unpaired) electrons. The van der Waals surface area contributed by atoms with Crippen molar-refractivity contribution in [1.82, 2.24) is 4.31 Å². The van der Waals surface area contributed by atoms with Crippen molar-refractivity contribution in [3.05, 3.63) is 28.8 Å². The van der Waals surface area contributed by atoms with Gasteiger partial charge in [-0.3, -0.25) is 4.79 Å². The Hall–Kier alpha value is -1.12. The third-order valence-electron chi connectivity index (χ3n) is 4.17. The van der Waals surface area contributed by atoms with Crippen LogP contribution < -0.4 is 0 Å². The maximum Gasteiger partial charge on any atom is 0.416 e. The molecule has 0 saturated carbocycles. The summed E-state index contributed by atoms with van der Waals surface area (Å²) in [7, 11) is -4.15. The van der Waals surface area contributed by atoms with Crippen LogP contribution in [0.3, 0.4) is 0 Å². The van der Waals surface area contributed by atoms with Crippen LogP contribution in [0.25, 0.3) is 0 Å². The number of sulfonamides is 1. The number of rotatable bonds is 5. The van der Waals surface area contributed by atoms with E-state index in [9.17, 15) is 26.4 Å². The average molecular weight is 398 g/mol. The molecule has 1 heterocycles. The zero-order chi connectivity index (χ0) is 18.8. The summed E-state index contributed by atoms with van der Waals surface area (Å²) in [6, 6.07) is 1.36. The Kier molecular flexibility index (Phi) is 6.17. The van der Waals surface area contributed by atoms with Gasteiger partial charge in [-0.15, -0.1) is 0 Å². The molecule has 0 aromatic heterocycles. The fraction of sp³-hybridized carbons (Fsp3) is 0.562. The maximum atomic E-state index is 12.9. The first kappa shape index (κ1) is 20.2. The second-order valence-electron chi connectivity index (χ2n) is 5.99. The molecule has 1 atom stereocenters. The number of piperidine rings is 1. The Labute approximate surface area is 150 Å². The van der Waals surface area contributed by atoms with E-state index in [4.69, 9.17) is 11.6 Å². The van der Waals surface area contributed by atoms with Crippen molar-refractivity contribution in [3.63, 3.8) is 0 Å². The Morgan fingerprint density at radius 3 is 2.56 bits per heavy atom. The van der Waals surface area contributed by atoms with E-state index in [0.29, 0.717) is 31.4 Å². The van der Waals surface area contributed by atoms with Crippen molar-refractivity contribution in [2.45, 2.75) is 56.1 Å². The SMILES string of the molecule is CCCC(=O)[C@@H]1CCCCN1S(=O)(=O)c1ccc(C(F)(F)F)cc1Cl. The topological polar surface area (TPSA) is 54.5 Å². The van der Waals surface area contributed by atoms with Crippen LogP contribution >= 0.6 is 11.6 Å². The van der Waals surface area contributed by atoms with Crippen molar-refractivity contribution in [2.75, 3.05) is 6.54 Å². The van der Waals surface area contributed by atoms with Crippen LogP contribution in [0.2, 0.25) is 5.02 Å². The van der Waals surface area contributed by atoms with Crippen LogP contribution in [0.5, 0.6) is 0 Å². The second kappa shape index (κ2) is 7.63. The number of carbonyl (C=O) groups excluding carboxylic acids is 1. The van der Waals surface area contributed by atoms with Gasteiger partial charge in [-0.25, -0.2) is 8.42 Å². The van der Waals surface area contributed by atoms with Crippen LogP contribution in [0, 0.1) is 0 Å².